The second-order valence-electron chi connectivity index (χ2n) is 3.94. The highest BCUT2D eigenvalue weighted by Crippen LogP contribution is 2.33. The first-order valence-electron chi connectivity index (χ1n) is 4.50. The van der Waals surface area contributed by atoms with Gasteiger partial charge >= 0.3 is 0 Å². The van der Waals surface area contributed by atoms with Crippen LogP contribution in [0.5, 0.6) is 11.5 Å². The summed E-state index contributed by atoms with van der Waals surface area (Å²) in [5.41, 5.74) is 1.09. The van der Waals surface area contributed by atoms with E-state index in [-0.39, 0.29) is 16.9 Å². The summed E-state index contributed by atoms with van der Waals surface area (Å²) in [5.74, 6) is -0.102. The molecule has 2 heteroatoms. The van der Waals surface area contributed by atoms with Gasteiger partial charge in [-0.2, -0.15) is 0 Å². The van der Waals surface area contributed by atoms with Gasteiger partial charge in [-0.25, -0.2) is 0 Å². The van der Waals surface area contributed by atoms with Crippen molar-refractivity contribution >= 4 is 0 Å². The molecule has 0 fully saturated rings. The van der Waals surface area contributed by atoms with Crippen LogP contribution >= 0.6 is 0 Å². The zero-order valence-corrected chi connectivity index (χ0v) is 8.33. The van der Waals surface area contributed by atoms with Crippen molar-refractivity contribution in [3.63, 3.8) is 0 Å². The first-order valence-corrected chi connectivity index (χ1v) is 4.50. The molecule has 0 aliphatic rings. The second kappa shape index (κ2) is 3.29. The minimum absolute atomic E-state index is 0.0426. The molecule has 0 aliphatic carbocycles. The van der Waals surface area contributed by atoms with Crippen molar-refractivity contribution in [1.82, 2.24) is 0 Å². The largest absolute Gasteiger partial charge is 0.504 e. The van der Waals surface area contributed by atoms with E-state index in [1.807, 2.05) is 6.07 Å². The first-order chi connectivity index (χ1) is 5.97. The summed E-state index contributed by atoms with van der Waals surface area (Å²) in [7, 11) is 0. The Kier molecular flexibility index (Phi) is 2.50. The molecule has 2 N–H and O–H groups in total. The van der Waals surface area contributed by atoms with Crippen molar-refractivity contribution in [3.05, 3.63) is 23.8 Å². The van der Waals surface area contributed by atoms with Gasteiger partial charge in [0.05, 0.1) is 0 Å². The zero-order chi connectivity index (χ0) is 10.1. The summed E-state index contributed by atoms with van der Waals surface area (Å²) in [6.07, 6.45) is 0.997. The molecule has 0 aromatic heterocycles. The summed E-state index contributed by atoms with van der Waals surface area (Å²) in [4.78, 5) is 0. The fourth-order valence-corrected chi connectivity index (χ4v) is 1.15. The van der Waals surface area contributed by atoms with E-state index < -0.39 is 0 Å². The smallest absolute Gasteiger partial charge is 0.157 e. The number of aromatic hydroxyl groups is 2. The average Bonchev–Trinajstić information content (AvgIpc) is 2.09. The Balaban J connectivity index is 3.10. The molecule has 0 saturated heterocycles. The van der Waals surface area contributed by atoms with Crippen molar-refractivity contribution in [2.75, 3.05) is 0 Å². The van der Waals surface area contributed by atoms with Gasteiger partial charge in [-0.05, 0) is 29.5 Å². The number of benzene rings is 1. The molecule has 0 atom stereocenters. The van der Waals surface area contributed by atoms with Crippen LogP contribution in [0.4, 0.5) is 0 Å². The van der Waals surface area contributed by atoms with Crippen LogP contribution < -0.4 is 0 Å². The van der Waals surface area contributed by atoms with Gasteiger partial charge in [0.2, 0.25) is 0 Å². The highest BCUT2D eigenvalue weighted by Gasteiger charge is 2.18. The lowest BCUT2D eigenvalue weighted by Gasteiger charge is -2.23. The predicted octanol–water partition coefficient (Wildman–Crippen LogP) is 2.79. The van der Waals surface area contributed by atoms with Crippen LogP contribution in [0.1, 0.15) is 32.8 Å². The average molecular weight is 180 g/mol. The molecular formula is C11H16O2. The molecule has 0 radical (unpaired) electrons. The standard InChI is InChI=1S/C11H16O2/c1-4-11(2,3)8-5-6-9(12)10(13)7-8/h5-7,12-13H,4H2,1-3H3. The molecule has 0 amide bonds. The first kappa shape index (κ1) is 9.90. The Morgan fingerprint density at radius 2 is 1.77 bits per heavy atom. The Morgan fingerprint density at radius 1 is 1.15 bits per heavy atom. The van der Waals surface area contributed by atoms with E-state index in [4.69, 9.17) is 5.11 Å². The molecule has 0 spiro atoms. The van der Waals surface area contributed by atoms with Gasteiger partial charge in [-0.1, -0.05) is 26.8 Å². The molecule has 1 rings (SSSR count). The quantitative estimate of drug-likeness (QED) is 0.687. The number of phenols is 2. The number of hydrogen-bond acceptors (Lipinski definition) is 2. The maximum atomic E-state index is 9.31. The summed E-state index contributed by atoms with van der Waals surface area (Å²) in [6, 6.07) is 5.00. The number of rotatable bonds is 2. The summed E-state index contributed by atoms with van der Waals surface area (Å²) in [5, 5.41) is 18.4. The molecule has 1 aromatic carbocycles. The van der Waals surface area contributed by atoms with Crippen LogP contribution in [0.3, 0.4) is 0 Å². The molecule has 1 aromatic rings. The lowest BCUT2D eigenvalue weighted by Crippen LogP contribution is -2.14. The Bertz CT molecular complexity index is 303. The Morgan fingerprint density at radius 3 is 2.23 bits per heavy atom. The van der Waals surface area contributed by atoms with E-state index in [0.717, 1.165) is 12.0 Å². The molecule has 13 heavy (non-hydrogen) atoms. The molecule has 0 saturated carbocycles. The topological polar surface area (TPSA) is 40.5 Å². The maximum absolute atomic E-state index is 9.31. The van der Waals surface area contributed by atoms with E-state index in [2.05, 4.69) is 20.8 Å². The van der Waals surface area contributed by atoms with E-state index in [1.165, 1.54) is 6.07 Å². The van der Waals surface area contributed by atoms with Crippen molar-refractivity contribution in [2.24, 2.45) is 0 Å². The lowest BCUT2D eigenvalue weighted by molar-refractivity contribution is 0.400. The highest BCUT2D eigenvalue weighted by atomic mass is 16.3. The van der Waals surface area contributed by atoms with Gasteiger partial charge in [0, 0.05) is 0 Å². The molecular weight excluding hydrogens is 164 g/mol. The highest BCUT2D eigenvalue weighted by molar-refractivity contribution is 5.42. The third kappa shape index (κ3) is 1.94. The fourth-order valence-electron chi connectivity index (χ4n) is 1.15. The zero-order valence-electron chi connectivity index (χ0n) is 8.33. The van der Waals surface area contributed by atoms with Crippen LogP contribution in [-0.2, 0) is 5.41 Å². The van der Waals surface area contributed by atoms with Gasteiger partial charge in [-0.3, -0.25) is 0 Å². The van der Waals surface area contributed by atoms with Crippen molar-refractivity contribution < 1.29 is 10.2 Å². The Labute approximate surface area is 78.8 Å². The minimum Gasteiger partial charge on any atom is -0.504 e. The molecule has 72 valence electrons. The van der Waals surface area contributed by atoms with E-state index >= 15 is 0 Å². The van der Waals surface area contributed by atoms with Crippen molar-refractivity contribution in [1.29, 1.82) is 0 Å². The van der Waals surface area contributed by atoms with Crippen LogP contribution in [0.2, 0.25) is 0 Å². The van der Waals surface area contributed by atoms with E-state index in [9.17, 15) is 5.11 Å². The van der Waals surface area contributed by atoms with E-state index in [0.29, 0.717) is 0 Å². The lowest BCUT2D eigenvalue weighted by atomic mass is 9.82. The number of hydrogen-bond donors (Lipinski definition) is 2. The molecule has 0 unspecified atom stereocenters. The van der Waals surface area contributed by atoms with Gasteiger partial charge < -0.3 is 10.2 Å². The SMILES string of the molecule is CCC(C)(C)c1ccc(O)c(O)c1. The third-order valence-electron chi connectivity index (χ3n) is 2.64. The third-order valence-corrected chi connectivity index (χ3v) is 2.64. The minimum atomic E-state index is -0.0596. The van der Waals surface area contributed by atoms with Crippen molar-refractivity contribution in [3.8, 4) is 11.5 Å². The molecule has 0 heterocycles. The summed E-state index contributed by atoms with van der Waals surface area (Å²) >= 11 is 0. The normalized spacial score (nSPS) is 11.6. The summed E-state index contributed by atoms with van der Waals surface area (Å²) in [6.45, 7) is 6.32. The van der Waals surface area contributed by atoms with Crippen LogP contribution in [0.15, 0.2) is 18.2 Å². The second-order valence-corrected chi connectivity index (χ2v) is 3.94. The monoisotopic (exact) mass is 180 g/mol. The van der Waals surface area contributed by atoms with Crippen LogP contribution in [-0.4, -0.2) is 10.2 Å². The van der Waals surface area contributed by atoms with Crippen LogP contribution in [0, 0.1) is 0 Å². The number of phenolic OH excluding ortho intramolecular Hbond substituents is 2. The molecule has 0 bridgehead atoms. The van der Waals surface area contributed by atoms with E-state index in [1.54, 1.807) is 6.07 Å². The van der Waals surface area contributed by atoms with Gasteiger partial charge in [0.15, 0.2) is 11.5 Å². The van der Waals surface area contributed by atoms with Crippen LogP contribution in [0.25, 0.3) is 0 Å². The molecule has 2 nitrogen and oxygen atoms in total. The van der Waals surface area contributed by atoms with Crippen molar-refractivity contribution in [2.45, 2.75) is 32.6 Å². The predicted molar refractivity (Wildman–Crippen MR) is 53.1 cm³/mol. The van der Waals surface area contributed by atoms with Gasteiger partial charge in [0.25, 0.3) is 0 Å². The summed E-state index contributed by atoms with van der Waals surface area (Å²) < 4.78 is 0. The maximum Gasteiger partial charge on any atom is 0.157 e. The van der Waals surface area contributed by atoms with Gasteiger partial charge in [-0.15, -0.1) is 0 Å². The molecule has 0 aliphatic heterocycles. The fraction of sp³-hybridized carbons (Fsp3) is 0.455. The van der Waals surface area contributed by atoms with Gasteiger partial charge in [0.1, 0.15) is 0 Å². The Hall–Kier alpha value is -1.18.